The molecular formula is C14H16Br2N2OS. The number of benzene rings is 1. The van der Waals surface area contributed by atoms with Gasteiger partial charge in [0.2, 0.25) is 0 Å². The van der Waals surface area contributed by atoms with E-state index in [2.05, 4.69) is 37.2 Å². The average molecular weight is 420 g/mol. The van der Waals surface area contributed by atoms with Crippen molar-refractivity contribution in [1.29, 1.82) is 0 Å². The van der Waals surface area contributed by atoms with Crippen molar-refractivity contribution in [3.63, 3.8) is 0 Å². The number of hydrogen-bond acceptors (Lipinski definition) is 2. The quantitative estimate of drug-likeness (QED) is 0.729. The summed E-state index contributed by atoms with van der Waals surface area (Å²) in [4.78, 5) is 12.8. The molecule has 1 fully saturated rings. The lowest BCUT2D eigenvalue weighted by atomic mass is 9.81. The van der Waals surface area contributed by atoms with Gasteiger partial charge in [0.1, 0.15) is 0 Å². The molecule has 1 saturated carbocycles. The summed E-state index contributed by atoms with van der Waals surface area (Å²) in [6, 6.07) is 5.47. The van der Waals surface area contributed by atoms with Gasteiger partial charge in [-0.15, -0.1) is 0 Å². The fourth-order valence-electron chi connectivity index (χ4n) is 2.56. The van der Waals surface area contributed by atoms with Gasteiger partial charge >= 0.3 is 0 Å². The van der Waals surface area contributed by atoms with Crippen molar-refractivity contribution >= 4 is 55.0 Å². The van der Waals surface area contributed by atoms with Crippen LogP contribution in [0, 0.1) is 0 Å². The highest BCUT2D eigenvalue weighted by Gasteiger charge is 2.36. The highest BCUT2D eigenvalue weighted by molar-refractivity contribution is 9.11. The molecule has 0 saturated heterocycles. The number of nitrogens with two attached hydrogens (primary N) is 1. The van der Waals surface area contributed by atoms with Gasteiger partial charge in [0.25, 0.3) is 5.91 Å². The minimum atomic E-state index is -0.528. The van der Waals surface area contributed by atoms with Gasteiger partial charge in [0.15, 0.2) is 0 Å². The van der Waals surface area contributed by atoms with Crippen molar-refractivity contribution in [3.05, 3.63) is 32.7 Å². The third-order valence-electron chi connectivity index (χ3n) is 3.66. The molecule has 0 bridgehead atoms. The summed E-state index contributed by atoms with van der Waals surface area (Å²) in [5.74, 6) is -0.137. The molecule has 1 amide bonds. The van der Waals surface area contributed by atoms with Crippen LogP contribution in [0.15, 0.2) is 27.1 Å². The van der Waals surface area contributed by atoms with E-state index in [0.29, 0.717) is 10.6 Å². The van der Waals surface area contributed by atoms with Gasteiger partial charge in [-0.05, 0) is 31.0 Å². The van der Waals surface area contributed by atoms with Crippen LogP contribution in [0.4, 0.5) is 0 Å². The standard InChI is InChI=1S/C14H16Br2N2OS/c15-10-6-9(7-11(16)8-10)12(19)18-14(13(17)20)4-2-1-3-5-14/h6-8H,1-5H2,(H2,17,20)(H,18,19). The van der Waals surface area contributed by atoms with Crippen molar-refractivity contribution < 1.29 is 4.79 Å². The predicted octanol–water partition coefficient (Wildman–Crippen LogP) is 3.93. The second-order valence-corrected chi connectivity index (χ2v) is 7.39. The molecule has 3 N–H and O–H groups in total. The second-order valence-electron chi connectivity index (χ2n) is 5.12. The van der Waals surface area contributed by atoms with E-state index in [1.807, 2.05) is 6.07 Å². The zero-order valence-corrected chi connectivity index (χ0v) is 14.9. The van der Waals surface area contributed by atoms with Crippen molar-refractivity contribution in [2.24, 2.45) is 5.73 Å². The molecule has 0 radical (unpaired) electrons. The van der Waals surface area contributed by atoms with Gasteiger partial charge < -0.3 is 11.1 Å². The van der Waals surface area contributed by atoms with Gasteiger partial charge in [0.05, 0.1) is 10.5 Å². The van der Waals surface area contributed by atoms with Crippen molar-refractivity contribution in [1.82, 2.24) is 5.32 Å². The summed E-state index contributed by atoms with van der Waals surface area (Å²) in [5.41, 5.74) is 5.95. The first-order chi connectivity index (χ1) is 9.43. The van der Waals surface area contributed by atoms with Gasteiger partial charge in [-0.1, -0.05) is 63.3 Å². The summed E-state index contributed by atoms with van der Waals surface area (Å²) in [5, 5.41) is 3.06. The number of thiocarbonyl (C=S) groups is 1. The molecule has 1 aromatic rings. The van der Waals surface area contributed by atoms with Gasteiger partial charge in [-0.3, -0.25) is 4.79 Å². The lowest BCUT2D eigenvalue weighted by Crippen LogP contribution is -2.57. The van der Waals surface area contributed by atoms with E-state index in [0.717, 1.165) is 34.6 Å². The Balaban J connectivity index is 2.22. The Morgan fingerprint density at radius 3 is 2.20 bits per heavy atom. The minimum Gasteiger partial charge on any atom is -0.391 e. The fourth-order valence-corrected chi connectivity index (χ4v) is 4.11. The van der Waals surface area contributed by atoms with E-state index in [9.17, 15) is 4.79 Å². The Labute approximate surface area is 140 Å². The van der Waals surface area contributed by atoms with Crippen LogP contribution in [0.3, 0.4) is 0 Å². The Bertz CT molecular complexity index is 522. The van der Waals surface area contributed by atoms with E-state index < -0.39 is 5.54 Å². The summed E-state index contributed by atoms with van der Waals surface area (Å²) in [7, 11) is 0. The zero-order chi connectivity index (χ0) is 14.8. The topological polar surface area (TPSA) is 55.1 Å². The number of carbonyl (C=O) groups is 1. The van der Waals surface area contributed by atoms with E-state index in [-0.39, 0.29) is 5.91 Å². The van der Waals surface area contributed by atoms with Crippen LogP contribution < -0.4 is 11.1 Å². The van der Waals surface area contributed by atoms with E-state index in [4.69, 9.17) is 18.0 Å². The molecule has 0 unspecified atom stereocenters. The highest BCUT2D eigenvalue weighted by Crippen LogP contribution is 2.29. The average Bonchev–Trinajstić information content (AvgIpc) is 2.38. The van der Waals surface area contributed by atoms with Crippen molar-refractivity contribution in [3.8, 4) is 0 Å². The summed E-state index contributed by atoms with van der Waals surface area (Å²) in [6.45, 7) is 0. The van der Waals surface area contributed by atoms with Crippen LogP contribution in [-0.4, -0.2) is 16.4 Å². The molecule has 2 rings (SSSR count). The van der Waals surface area contributed by atoms with Gasteiger partial charge in [0, 0.05) is 14.5 Å². The largest absolute Gasteiger partial charge is 0.391 e. The minimum absolute atomic E-state index is 0.137. The molecule has 0 aliphatic heterocycles. The first-order valence-electron chi connectivity index (χ1n) is 6.51. The summed E-state index contributed by atoms with van der Waals surface area (Å²) in [6.07, 6.45) is 4.90. The first kappa shape index (κ1) is 15.9. The number of amides is 1. The normalized spacial score (nSPS) is 17.5. The molecule has 0 heterocycles. The molecule has 0 aromatic heterocycles. The van der Waals surface area contributed by atoms with Gasteiger partial charge in [-0.25, -0.2) is 0 Å². The summed E-state index contributed by atoms with van der Waals surface area (Å²) >= 11 is 12.0. The molecule has 1 aliphatic rings. The molecule has 3 nitrogen and oxygen atoms in total. The van der Waals surface area contributed by atoms with E-state index >= 15 is 0 Å². The molecule has 20 heavy (non-hydrogen) atoms. The van der Waals surface area contributed by atoms with Crippen LogP contribution >= 0.6 is 44.1 Å². The SMILES string of the molecule is NC(=S)C1(NC(=O)c2cc(Br)cc(Br)c2)CCCCC1. The van der Waals surface area contributed by atoms with E-state index in [1.54, 1.807) is 12.1 Å². The number of nitrogens with one attached hydrogen (secondary N) is 1. The molecule has 6 heteroatoms. The fraction of sp³-hybridized carbons (Fsp3) is 0.429. The third-order valence-corrected chi connectivity index (χ3v) is 4.96. The lowest BCUT2D eigenvalue weighted by Gasteiger charge is -2.37. The smallest absolute Gasteiger partial charge is 0.252 e. The first-order valence-corrected chi connectivity index (χ1v) is 8.51. The maximum atomic E-state index is 12.5. The zero-order valence-electron chi connectivity index (χ0n) is 10.9. The molecule has 0 atom stereocenters. The number of hydrogen-bond donors (Lipinski definition) is 2. The Morgan fingerprint density at radius 1 is 1.15 bits per heavy atom. The Morgan fingerprint density at radius 2 is 1.70 bits per heavy atom. The number of carbonyl (C=O) groups excluding carboxylic acids is 1. The summed E-state index contributed by atoms with van der Waals surface area (Å²) < 4.78 is 1.70. The van der Waals surface area contributed by atoms with Crippen LogP contribution in [0.2, 0.25) is 0 Å². The predicted molar refractivity (Wildman–Crippen MR) is 91.9 cm³/mol. The maximum absolute atomic E-state index is 12.5. The monoisotopic (exact) mass is 418 g/mol. The van der Waals surface area contributed by atoms with Crippen LogP contribution in [0.25, 0.3) is 0 Å². The number of halogens is 2. The second kappa shape index (κ2) is 6.54. The van der Waals surface area contributed by atoms with Crippen molar-refractivity contribution in [2.75, 3.05) is 0 Å². The molecule has 0 spiro atoms. The van der Waals surface area contributed by atoms with E-state index in [1.165, 1.54) is 6.42 Å². The van der Waals surface area contributed by atoms with Crippen LogP contribution in [0.1, 0.15) is 42.5 Å². The Kier molecular flexibility index (Phi) is 5.20. The molecule has 1 aliphatic carbocycles. The van der Waals surface area contributed by atoms with Crippen molar-refractivity contribution in [2.45, 2.75) is 37.6 Å². The van der Waals surface area contributed by atoms with Crippen LogP contribution in [-0.2, 0) is 0 Å². The Hall–Kier alpha value is -0.460. The van der Waals surface area contributed by atoms with Gasteiger partial charge in [-0.2, -0.15) is 0 Å². The number of rotatable bonds is 3. The molecule has 108 valence electrons. The maximum Gasteiger partial charge on any atom is 0.252 e. The molecular weight excluding hydrogens is 404 g/mol. The van der Waals surface area contributed by atoms with Crippen LogP contribution in [0.5, 0.6) is 0 Å². The highest BCUT2D eigenvalue weighted by atomic mass is 79.9. The molecule has 1 aromatic carbocycles. The lowest BCUT2D eigenvalue weighted by molar-refractivity contribution is 0.0908. The third kappa shape index (κ3) is 3.59.